The van der Waals surface area contributed by atoms with Crippen molar-refractivity contribution >= 4 is 17.8 Å². The topological polar surface area (TPSA) is 86.7 Å². The van der Waals surface area contributed by atoms with Gasteiger partial charge in [0.15, 0.2) is 0 Å². The second-order valence-corrected chi connectivity index (χ2v) is 6.36. The van der Waals surface area contributed by atoms with Crippen LogP contribution >= 0.6 is 0 Å². The number of rotatable bonds is 8. The van der Waals surface area contributed by atoms with Gasteiger partial charge in [0.05, 0.1) is 13.0 Å². The van der Waals surface area contributed by atoms with Crippen molar-refractivity contribution in [1.82, 2.24) is 10.2 Å². The molecule has 24 heavy (non-hydrogen) atoms. The highest BCUT2D eigenvalue weighted by molar-refractivity contribution is 5.96. The third-order valence-corrected chi connectivity index (χ3v) is 3.70. The number of carboxylic acids is 1. The minimum atomic E-state index is -0.948. The van der Waals surface area contributed by atoms with Crippen molar-refractivity contribution in [2.75, 3.05) is 19.6 Å². The summed E-state index contributed by atoms with van der Waals surface area (Å²) >= 11 is 0. The number of benzene rings is 1. The van der Waals surface area contributed by atoms with Crippen molar-refractivity contribution < 1.29 is 19.5 Å². The minimum Gasteiger partial charge on any atom is -0.481 e. The van der Waals surface area contributed by atoms with E-state index in [0.717, 1.165) is 11.1 Å². The van der Waals surface area contributed by atoms with Gasteiger partial charge in [-0.05, 0) is 43.0 Å². The maximum Gasteiger partial charge on any atom is 0.305 e. The van der Waals surface area contributed by atoms with Crippen molar-refractivity contribution in [3.05, 3.63) is 34.9 Å². The number of hydrogen-bond acceptors (Lipinski definition) is 3. The molecule has 132 valence electrons. The molecule has 2 N–H and O–H groups in total. The van der Waals surface area contributed by atoms with E-state index in [4.69, 9.17) is 5.11 Å². The zero-order valence-electron chi connectivity index (χ0n) is 14.8. The Morgan fingerprint density at radius 2 is 1.83 bits per heavy atom. The monoisotopic (exact) mass is 334 g/mol. The fraction of sp³-hybridized carbons (Fsp3) is 0.500. The first-order valence-electron chi connectivity index (χ1n) is 8.05. The van der Waals surface area contributed by atoms with Gasteiger partial charge in [0, 0.05) is 18.7 Å². The Balaban J connectivity index is 2.64. The highest BCUT2D eigenvalue weighted by atomic mass is 16.4. The molecular weight excluding hydrogens is 308 g/mol. The number of carbonyl (C=O) groups is 3. The molecule has 0 spiro atoms. The fourth-order valence-electron chi connectivity index (χ4n) is 2.24. The molecule has 0 atom stereocenters. The van der Waals surface area contributed by atoms with Gasteiger partial charge in [-0.3, -0.25) is 14.4 Å². The first-order chi connectivity index (χ1) is 11.2. The smallest absolute Gasteiger partial charge is 0.305 e. The predicted molar refractivity (Wildman–Crippen MR) is 91.9 cm³/mol. The van der Waals surface area contributed by atoms with Crippen molar-refractivity contribution in [2.24, 2.45) is 5.92 Å². The standard InChI is InChI=1S/C18H26N2O4/c1-12(2)11-20(8-7-17(22)23)16(21)10-19-18(24)15-6-5-13(3)14(4)9-15/h5-6,9,12H,7-8,10-11H2,1-4H3,(H,19,24)(H,22,23). The zero-order valence-corrected chi connectivity index (χ0v) is 14.8. The summed E-state index contributed by atoms with van der Waals surface area (Å²) in [6.45, 7) is 8.26. The predicted octanol–water partition coefficient (Wildman–Crippen LogP) is 1.99. The fourth-order valence-corrected chi connectivity index (χ4v) is 2.24. The molecule has 1 aromatic carbocycles. The van der Waals surface area contributed by atoms with Crippen LogP contribution in [-0.2, 0) is 9.59 Å². The maximum atomic E-state index is 12.3. The molecule has 0 radical (unpaired) electrons. The van der Waals surface area contributed by atoms with Gasteiger partial charge in [0.25, 0.3) is 5.91 Å². The number of amides is 2. The van der Waals surface area contributed by atoms with Crippen LogP contribution in [0.25, 0.3) is 0 Å². The van der Waals surface area contributed by atoms with Crippen molar-refractivity contribution in [3.8, 4) is 0 Å². The Bertz CT molecular complexity index is 611. The van der Waals surface area contributed by atoms with Gasteiger partial charge >= 0.3 is 5.97 Å². The van der Waals surface area contributed by atoms with Crippen LogP contribution in [0.15, 0.2) is 18.2 Å². The summed E-state index contributed by atoms with van der Waals surface area (Å²) in [6.07, 6.45) is -0.108. The summed E-state index contributed by atoms with van der Waals surface area (Å²) in [6, 6.07) is 5.37. The van der Waals surface area contributed by atoms with Crippen LogP contribution in [0.2, 0.25) is 0 Å². The number of carbonyl (C=O) groups excluding carboxylic acids is 2. The van der Waals surface area contributed by atoms with Gasteiger partial charge in [0.2, 0.25) is 5.91 Å². The van der Waals surface area contributed by atoms with Crippen LogP contribution in [-0.4, -0.2) is 47.4 Å². The SMILES string of the molecule is Cc1ccc(C(=O)NCC(=O)N(CCC(=O)O)CC(C)C)cc1C. The second-order valence-electron chi connectivity index (χ2n) is 6.36. The van der Waals surface area contributed by atoms with Gasteiger partial charge < -0.3 is 15.3 Å². The van der Waals surface area contributed by atoms with Crippen LogP contribution in [0.5, 0.6) is 0 Å². The van der Waals surface area contributed by atoms with Crippen LogP contribution in [0, 0.1) is 19.8 Å². The van der Waals surface area contributed by atoms with Crippen LogP contribution in [0.1, 0.15) is 41.8 Å². The number of carboxylic acid groups (broad SMARTS) is 1. The number of aliphatic carboxylic acids is 1. The van der Waals surface area contributed by atoms with Crippen LogP contribution in [0.4, 0.5) is 0 Å². The Morgan fingerprint density at radius 3 is 2.38 bits per heavy atom. The number of nitrogens with one attached hydrogen (secondary N) is 1. The number of aryl methyl sites for hydroxylation is 2. The Morgan fingerprint density at radius 1 is 1.17 bits per heavy atom. The molecule has 1 rings (SSSR count). The lowest BCUT2D eigenvalue weighted by atomic mass is 10.1. The molecule has 0 bridgehead atoms. The lowest BCUT2D eigenvalue weighted by Crippen LogP contribution is -2.42. The summed E-state index contributed by atoms with van der Waals surface area (Å²) < 4.78 is 0. The summed E-state index contributed by atoms with van der Waals surface area (Å²) in [5, 5.41) is 11.4. The molecule has 1 aromatic rings. The lowest BCUT2D eigenvalue weighted by molar-refractivity contribution is -0.138. The molecule has 0 aliphatic carbocycles. The van der Waals surface area contributed by atoms with Crippen LogP contribution in [0.3, 0.4) is 0 Å². The quantitative estimate of drug-likeness (QED) is 0.761. The average molecular weight is 334 g/mol. The van der Waals surface area contributed by atoms with E-state index >= 15 is 0 Å². The van der Waals surface area contributed by atoms with Crippen molar-refractivity contribution in [1.29, 1.82) is 0 Å². The molecule has 6 heteroatoms. The number of nitrogens with zero attached hydrogens (tertiary/aromatic N) is 1. The summed E-state index contributed by atoms with van der Waals surface area (Å²) in [5.41, 5.74) is 2.61. The van der Waals surface area contributed by atoms with Gasteiger partial charge in [-0.25, -0.2) is 0 Å². The molecule has 0 aliphatic rings. The normalized spacial score (nSPS) is 10.5. The molecule has 0 heterocycles. The third kappa shape index (κ3) is 6.40. The van der Waals surface area contributed by atoms with Gasteiger partial charge in [-0.1, -0.05) is 19.9 Å². The molecule has 0 fully saturated rings. The Hall–Kier alpha value is -2.37. The van der Waals surface area contributed by atoms with E-state index in [-0.39, 0.29) is 37.2 Å². The highest BCUT2D eigenvalue weighted by Gasteiger charge is 2.17. The molecule has 6 nitrogen and oxygen atoms in total. The van der Waals surface area contributed by atoms with E-state index in [1.54, 1.807) is 12.1 Å². The summed E-state index contributed by atoms with van der Waals surface area (Å²) in [4.78, 5) is 36.6. The zero-order chi connectivity index (χ0) is 18.3. The molecular formula is C18H26N2O4. The summed E-state index contributed by atoms with van der Waals surface area (Å²) in [5.74, 6) is -1.31. The van der Waals surface area contributed by atoms with E-state index in [1.165, 1.54) is 4.90 Å². The van der Waals surface area contributed by atoms with Gasteiger partial charge in [0.1, 0.15) is 0 Å². The average Bonchev–Trinajstić information content (AvgIpc) is 2.50. The molecule has 0 saturated carbocycles. The van der Waals surface area contributed by atoms with E-state index in [0.29, 0.717) is 12.1 Å². The molecule has 0 aromatic heterocycles. The van der Waals surface area contributed by atoms with E-state index in [9.17, 15) is 14.4 Å². The van der Waals surface area contributed by atoms with Crippen molar-refractivity contribution in [3.63, 3.8) is 0 Å². The molecule has 0 aliphatic heterocycles. The molecule has 0 unspecified atom stereocenters. The largest absolute Gasteiger partial charge is 0.481 e. The minimum absolute atomic E-state index is 0.108. The summed E-state index contributed by atoms with van der Waals surface area (Å²) in [7, 11) is 0. The Labute approximate surface area is 142 Å². The van der Waals surface area contributed by atoms with E-state index in [2.05, 4.69) is 5.32 Å². The maximum absolute atomic E-state index is 12.3. The first kappa shape index (κ1) is 19.7. The van der Waals surface area contributed by atoms with Gasteiger partial charge in [-0.2, -0.15) is 0 Å². The van der Waals surface area contributed by atoms with Crippen molar-refractivity contribution in [2.45, 2.75) is 34.1 Å². The van der Waals surface area contributed by atoms with E-state index in [1.807, 2.05) is 33.8 Å². The highest BCUT2D eigenvalue weighted by Crippen LogP contribution is 2.09. The second kappa shape index (κ2) is 9.05. The first-order valence-corrected chi connectivity index (χ1v) is 8.05. The van der Waals surface area contributed by atoms with E-state index < -0.39 is 5.97 Å². The Kier molecular flexibility index (Phi) is 7.42. The molecule has 2 amide bonds. The molecule has 0 saturated heterocycles. The van der Waals surface area contributed by atoms with Crippen LogP contribution < -0.4 is 5.32 Å². The van der Waals surface area contributed by atoms with Gasteiger partial charge in [-0.15, -0.1) is 0 Å². The third-order valence-electron chi connectivity index (χ3n) is 3.70. The lowest BCUT2D eigenvalue weighted by Gasteiger charge is -2.24. The number of hydrogen-bond donors (Lipinski definition) is 2.